The van der Waals surface area contributed by atoms with Crippen molar-refractivity contribution < 1.29 is 4.74 Å². The lowest BCUT2D eigenvalue weighted by Crippen LogP contribution is -2.07. The maximum Gasteiger partial charge on any atom is 0.130 e. The van der Waals surface area contributed by atoms with Crippen LogP contribution in [0.1, 0.15) is 24.6 Å². The summed E-state index contributed by atoms with van der Waals surface area (Å²) in [4.78, 5) is 4.15. The third kappa shape index (κ3) is 3.49. The molecule has 0 amide bonds. The number of halogens is 1. The van der Waals surface area contributed by atoms with Gasteiger partial charge in [0.2, 0.25) is 0 Å². The van der Waals surface area contributed by atoms with E-state index in [1.807, 2.05) is 24.7 Å². The van der Waals surface area contributed by atoms with E-state index in [-0.39, 0.29) is 0 Å². The number of imidazole rings is 1. The summed E-state index contributed by atoms with van der Waals surface area (Å²) in [6.07, 6.45) is 4.72. The van der Waals surface area contributed by atoms with Gasteiger partial charge in [0.15, 0.2) is 0 Å². The predicted octanol–water partition coefficient (Wildman–Crippen LogP) is 2.98. The molecule has 0 aliphatic heterocycles. The van der Waals surface area contributed by atoms with Crippen molar-refractivity contribution in [3.05, 3.63) is 47.0 Å². The smallest absolute Gasteiger partial charge is 0.130 e. The highest BCUT2D eigenvalue weighted by atomic mass is 35.5. The SMILES string of the molecule is CCCn1cncc1COc1ccc(Cl)cc1CN. The van der Waals surface area contributed by atoms with Crippen LogP contribution in [0, 0.1) is 0 Å². The van der Waals surface area contributed by atoms with E-state index in [4.69, 9.17) is 22.1 Å². The number of aromatic nitrogens is 2. The first-order valence-electron chi connectivity index (χ1n) is 6.35. The van der Waals surface area contributed by atoms with E-state index in [1.165, 1.54) is 0 Å². The number of hydrogen-bond acceptors (Lipinski definition) is 3. The van der Waals surface area contributed by atoms with Gasteiger partial charge in [0.05, 0.1) is 18.2 Å². The third-order valence-corrected chi connectivity index (χ3v) is 3.12. The Bertz CT molecular complexity index is 539. The van der Waals surface area contributed by atoms with Crippen LogP contribution in [0.15, 0.2) is 30.7 Å². The first-order chi connectivity index (χ1) is 9.24. The number of rotatable bonds is 6. The first-order valence-corrected chi connectivity index (χ1v) is 6.72. The van der Waals surface area contributed by atoms with Crippen LogP contribution >= 0.6 is 11.6 Å². The van der Waals surface area contributed by atoms with Gasteiger partial charge in [-0.05, 0) is 24.6 Å². The Morgan fingerprint density at radius 3 is 3.00 bits per heavy atom. The number of nitrogens with zero attached hydrogens (tertiary/aromatic N) is 2. The van der Waals surface area contributed by atoms with Gasteiger partial charge in [0.25, 0.3) is 0 Å². The lowest BCUT2D eigenvalue weighted by Gasteiger charge is -2.12. The normalized spacial score (nSPS) is 10.7. The summed E-state index contributed by atoms with van der Waals surface area (Å²) in [6.45, 7) is 3.97. The number of ether oxygens (including phenoxy) is 1. The molecule has 0 saturated carbocycles. The summed E-state index contributed by atoms with van der Waals surface area (Å²) in [6, 6.07) is 5.49. The lowest BCUT2D eigenvalue weighted by atomic mass is 10.2. The topological polar surface area (TPSA) is 53.1 Å². The summed E-state index contributed by atoms with van der Waals surface area (Å²) in [5.74, 6) is 0.774. The van der Waals surface area contributed by atoms with Gasteiger partial charge in [-0.1, -0.05) is 18.5 Å². The van der Waals surface area contributed by atoms with Gasteiger partial charge in [0, 0.05) is 23.7 Å². The largest absolute Gasteiger partial charge is 0.487 e. The molecule has 0 aliphatic rings. The summed E-state index contributed by atoms with van der Waals surface area (Å²) < 4.78 is 7.91. The molecule has 5 heteroatoms. The minimum absolute atomic E-state index is 0.407. The standard InChI is InChI=1S/C14H18ClN3O/c1-2-5-18-10-17-8-13(18)9-19-14-4-3-12(15)6-11(14)7-16/h3-4,6,8,10H,2,5,7,9,16H2,1H3. The fraction of sp³-hybridized carbons (Fsp3) is 0.357. The van der Waals surface area contributed by atoms with Crippen LogP contribution in [0.4, 0.5) is 0 Å². The molecule has 102 valence electrons. The fourth-order valence-corrected chi connectivity index (χ4v) is 2.11. The Morgan fingerprint density at radius 1 is 1.42 bits per heavy atom. The molecular weight excluding hydrogens is 262 g/mol. The van der Waals surface area contributed by atoms with Gasteiger partial charge in [-0.15, -0.1) is 0 Å². The quantitative estimate of drug-likeness (QED) is 0.884. The predicted molar refractivity (Wildman–Crippen MR) is 76.2 cm³/mol. The molecule has 0 unspecified atom stereocenters. The van der Waals surface area contributed by atoms with Crippen molar-refractivity contribution in [2.45, 2.75) is 33.0 Å². The van der Waals surface area contributed by atoms with E-state index >= 15 is 0 Å². The number of hydrogen-bond donors (Lipinski definition) is 1. The van der Waals surface area contributed by atoms with Gasteiger partial charge >= 0.3 is 0 Å². The number of benzene rings is 1. The molecule has 2 rings (SSSR count). The minimum Gasteiger partial charge on any atom is -0.487 e. The molecule has 1 aromatic heterocycles. The molecule has 19 heavy (non-hydrogen) atoms. The second-order valence-corrected chi connectivity index (χ2v) is 4.76. The van der Waals surface area contributed by atoms with Crippen LogP contribution in [-0.2, 0) is 19.7 Å². The van der Waals surface area contributed by atoms with Crippen molar-refractivity contribution in [2.24, 2.45) is 5.73 Å². The minimum atomic E-state index is 0.407. The van der Waals surface area contributed by atoms with Gasteiger partial charge < -0.3 is 15.0 Å². The average Bonchev–Trinajstić information content (AvgIpc) is 2.85. The number of nitrogens with two attached hydrogens (primary N) is 1. The van der Waals surface area contributed by atoms with E-state index in [2.05, 4.69) is 16.5 Å². The van der Waals surface area contributed by atoms with Crippen LogP contribution in [0.3, 0.4) is 0 Å². The van der Waals surface area contributed by atoms with Gasteiger partial charge in [-0.3, -0.25) is 0 Å². The molecule has 0 aliphatic carbocycles. The van der Waals surface area contributed by atoms with Crippen molar-refractivity contribution in [3.63, 3.8) is 0 Å². The molecule has 0 atom stereocenters. The zero-order chi connectivity index (χ0) is 13.7. The summed E-state index contributed by atoms with van der Waals surface area (Å²) in [5.41, 5.74) is 7.66. The Balaban J connectivity index is 2.07. The van der Waals surface area contributed by atoms with Crippen LogP contribution in [-0.4, -0.2) is 9.55 Å². The van der Waals surface area contributed by atoms with E-state index in [1.54, 1.807) is 6.07 Å². The Kier molecular flexibility index (Phi) is 4.82. The van der Waals surface area contributed by atoms with Crippen molar-refractivity contribution >= 4 is 11.6 Å². The summed E-state index contributed by atoms with van der Waals surface area (Å²) in [5, 5.41) is 0.670. The molecular formula is C14H18ClN3O. The lowest BCUT2D eigenvalue weighted by molar-refractivity contribution is 0.291. The fourth-order valence-electron chi connectivity index (χ4n) is 1.91. The van der Waals surface area contributed by atoms with Crippen LogP contribution in [0.25, 0.3) is 0 Å². The van der Waals surface area contributed by atoms with E-state index in [0.29, 0.717) is 18.2 Å². The molecule has 4 nitrogen and oxygen atoms in total. The second-order valence-electron chi connectivity index (χ2n) is 4.32. The Morgan fingerprint density at radius 2 is 2.26 bits per heavy atom. The molecule has 1 heterocycles. The molecule has 0 radical (unpaired) electrons. The molecule has 0 fully saturated rings. The second kappa shape index (κ2) is 6.59. The van der Waals surface area contributed by atoms with E-state index in [0.717, 1.165) is 30.0 Å². The highest BCUT2D eigenvalue weighted by Crippen LogP contribution is 2.23. The first kappa shape index (κ1) is 13.9. The molecule has 1 aromatic carbocycles. The van der Waals surface area contributed by atoms with Gasteiger partial charge in [-0.2, -0.15) is 0 Å². The van der Waals surface area contributed by atoms with E-state index < -0.39 is 0 Å². The highest BCUT2D eigenvalue weighted by molar-refractivity contribution is 6.30. The highest BCUT2D eigenvalue weighted by Gasteiger charge is 2.06. The maximum absolute atomic E-state index is 5.94. The average molecular weight is 280 g/mol. The van der Waals surface area contributed by atoms with Crippen LogP contribution in [0.2, 0.25) is 5.02 Å². The molecule has 0 bridgehead atoms. The Labute approximate surface area is 118 Å². The van der Waals surface area contributed by atoms with Crippen molar-refractivity contribution in [2.75, 3.05) is 0 Å². The number of aryl methyl sites for hydroxylation is 1. The van der Waals surface area contributed by atoms with Gasteiger partial charge in [0.1, 0.15) is 12.4 Å². The molecule has 0 spiro atoms. The zero-order valence-electron chi connectivity index (χ0n) is 11.0. The Hall–Kier alpha value is -1.52. The van der Waals surface area contributed by atoms with Crippen molar-refractivity contribution in [1.82, 2.24) is 9.55 Å². The van der Waals surface area contributed by atoms with Crippen molar-refractivity contribution in [3.8, 4) is 5.75 Å². The monoisotopic (exact) mass is 279 g/mol. The third-order valence-electron chi connectivity index (χ3n) is 2.88. The van der Waals surface area contributed by atoms with Crippen LogP contribution in [0.5, 0.6) is 5.75 Å². The van der Waals surface area contributed by atoms with Crippen molar-refractivity contribution in [1.29, 1.82) is 0 Å². The van der Waals surface area contributed by atoms with Crippen LogP contribution < -0.4 is 10.5 Å². The molecule has 2 aromatic rings. The summed E-state index contributed by atoms with van der Waals surface area (Å²) in [7, 11) is 0. The summed E-state index contributed by atoms with van der Waals surface area (Å²) >= 11 is 5.94. The van der Waals surface area contributed by atoms with E-state index in [9.17, 15) is 0 Å². The molecule has 0 saturated heterocycles. The van der Waals surface area contributed by atoms with Gasteiger partial charge in [-0.25, -0.2) is 4.98 Å². The maximum atomic E-state index is 5.94. The zero-order valence-corrected chi connectivity index (χ0v) is 11.7. The molecule has 2 N–H and O–H groups in total.